The zero-order valence-electron chi connectivity index (χ0n) is 11.4. The molecule has 1 aliphatic carbocycles. The van der Waals surface area contributed by atoms with Gasteiger partial charge < -0.3 is 10.2 Å². The molecule has 0 aromatic heterocycles. The molecular formula is C15H23ClN2. The van der Waals surface area contributed by atoms with Gasteiger partial charge >= 0.3 is 0 Å². The Bertz CT molecular complexity index is 388. The normalized spacial score (nSPS) is 15.5. The highest BCUT2D eigenvalue weighted by atomic mass is 35.5. The maximum atomic E-state index is 6.16. The van der Waals surface area contributed by atoms with Crippen LogP contribution in [0.1, 0.15) is 31.7 Å². The van der Waals surface area contributed by atoms with Crippen molar-refractivity contribution < 1.29 is 0 Å². The van der Waals surface area contributed by atoms with Gasteiger partial charge in [-0.25, -0.2) is 0 Å². The molecule has 1 saturated carbocycles. The molecule has 3 heteroatoms. The first-order chi connectivity index (χ1) is 8.74. The average molecular weight is 267 g/mol. The van der Waals surface area contributed by atoms with Crippen LogP contribution < -0.4 is 10.2 Å². The fourth-order valence-electron chi connectivity index (χ4n) is 2.56. The van der Waals surface area contributed by atoms with Gasteiger partial charge in [0.1, 0.15) is 0 Å². The summed E-state index contributed by atoms with van der Waals surface area (Å²) in [5, 5.41) is 4.06. The van der Waals surface area contributed by atoms with Crippen LogP contribution in [0, 0.1) is 5.92 Å². The zero-order valence-corrected chi connectivity index (χ0v) is 12.1. The molecule has 0 aliphatic heterocycles. The second-order valence-corrected chi connectivity index (χ2v) is 5.58. The van der Waals surface area contributed by atoms with Crippen LogP contribution in [-0.2, 0) is 6.54 Å². The fraction of sp³-hybridized carbons (Fsp3) is 0.600. The van der Waals surface area contributed by atoms with Crippen LogP contribution >= 0.6 is 11.6 Å². The Labute approximate surface area is 115 Å². The van der Waals surface area contributed by atoms with Gasteiger partial charge in [-0.15, -0.1) is 0 Å². The summed E-state index contributed by atoms with van der Waals surface area (Å²) in [6.45, 7) is 5.34. The molecule has 18 heavy (non-hydrogen) atoms. The predicted octanol–water partition coefficient (Wildman–Crippen LogP) is 3.69. The van der Waals surface area contributed by atoms with Crippen LogP contribution in [0.3, 0.4) is 0 Å². The first-order valence-corrected chi connectivity index (χ1v) is 7.30. The molecule has 2 rings (SSSR count). The largest absolute Gasteiger partial charge is 0.371 e. The molecule has 0 heterocycles. The predicted molar refractivity (Wildman–Crippen MR) is 79.4 cm³/mol. The van der Waals surface area contributed by atoms with E-state index in [0.29, 0.717) is 0 Å². The number of hydrogen-bond donors (Lipinski definition) is 1. The topological polar surface area (TPSA) is 15.3 Å². The summed E-state index contributed by atoms with van der Waals surface area (Å²) in [7, 11) is 1.99. The van der Waals surface area contributed by atoms with Gasteiger partial charge in [-0.1, -0.05) is 24.1 Å². The van der Waals surface area contributed by atoms with Gasteiger partial charge in [-0.2, -0.15) is 0 Å². The molecule has 0 spiro atoms. The third-order valence-corrected chi connectivity index (χ3v) is 4.08. The van der Waals surface area contributed by atoms with Crippen molar-refractivity contribution in [3.8, 4) is 0 Å². The van der Waals surface area contributed by atoms with E-state index in [-0.39, 0.29) is 0 Å². The summed E-state index contributed by atoms with van der Waals surface area (Å²) < 4.78 is 0. The molecule has 100 valence electrons. The van der Waals surface area contributed by atoms with Gasteiger partial charge in [-0.3, -0.25) is 0 Å². The summed E-state index contributed by atoms with van der Waals surface area (Å²) in [5.74, 6) is 0.881. The van der Waals surface area contributed by atoms with Crippen molar-refractivity contribution in [3.05, 3.63) is 28.8 Å². The third-order valence-electron chi connectivity index (χ3n) is 3.84. The van der Waals surface area contributed by atoms with Crippen LogP contribution in [0.15, 0.2) is 18.2 Å². The quantitative estimate of drug-likeness (QED) is 0.845. The first kappa shape index (κ1) is 13.7. The lowest BCUT2D eigenvalue weighted by molar-refractivity contribution is 0.318. The highest BCUT2D eigenvalue weighted by molar-refractivity contribution is 6.30. The molecular weight excluding hydrogens is 244 g/mol. The van der Waals surface area contributed by atoms with Gasteiger partial charge in [0.05, 0.1) is 0 Å². The van der Waals surface area contributed by atoms with Crippen LogP contribution in [0.4, 0.5) is 5.69 Å². The van der Waals surface area contributed by atoms with E-state index in [1.807, 2.05) is 13.1 Å². The third kappa shape index (κ3) is 3.18. The molecule has 0 bridgehead atoms. The molecule has 0 unspecified atom stereocenters. The first-order valence-electron chi connectivity index (χ1n) is 6.92. The molecule has 0 radical (unpaired) electrons. The fourth-order valence-corrected chi connectivity index (χ4v) is 2.72. The van der Waals surface area contributed by atoms with Crippen LogP contribution in [0.25, 0.3) is 0 Å². The molecule has 1 N–H and O–H groups in total. The Hall–Kier alpha value is -0.730. The second-order valence-electron chi connectivity index (χ2n) is 5.14. The van der Waals surface area contributed by atoms with E-state index in [9.17, 15) is 0 Å². The lowest BCUT2D eigenvalue weighted by atomic mass is 9.85. The highest BCUT2D eigenvalue weighted by Crippen LogP contribution is 2.31. The van der Waals surface area contributed by atoms with E-state index in [0.717, 1.165) is 24.0 Å². The molecule has 1 aliphatic rings. The maximum Gasteiger partial charge on any atom is 0.0426 e. The van der Waals surface area contributed by atoms with Gasteiger partial charge in [0.25, 0.3) is 0 Å². The standard InChI is InChI=1S/C15H23ClN2/c1-3-18(11-12-5-4-6-12)15-9-14(16)8-7-13(15)10-17-2/h7-9,12,17H,3-6,10-11H2,1-2H3. The number of nitrogens with one attached hydrogen (secondary N) is 1. The van der Waals surface area contributed by atoms with Crippen molar-refractivity contribution in [2.45, 2.75) is 32.7 Å². The minimum atomic E-state index is 0.830. The number of halogens is 1. The van der Waals surface area contributed by atoms with E-state index >= 15 is 0 Å². The minimum absolute atomic E-state index is 0.830. The van der Waals surface area contributed by atoms with Crippen LogP contribution in [0.2, 0.25) is 5.02 Å². The van der Waals surface area contributed by atoms with E-state index in [1.165, 1.54) is 37.1 Å². The van der Waals surface area contributed by atoms with Crippen molar-refractivity contribution in [1.29, 1.82) is 0 Å². The van der Waals surface area contributed by atoms with Crippen molar-refractivity contribution in [2.24, 2.45) is 5.92 Å². The van der Waals surface area contributed by atoms with Crippen LogP contribution in [-0.4, -0.2) is 20.1 Å². The molecule has 1 aromatic rings. The number of anilines is 1. The molecule has 1 fully saturated rings. The highest BCUT2D eigenvalue weighted by Gasteiger charge is 2.21. The average Bonchev–Trinajstić information content (AvgIpc) is 2.31. The number of benzene rings is 1. The van der Waals surface area contributed by atoms with E-state index < -0.39 is 0 Å². The Morgan fingerprint density at radius 1 is 1.39 bits per heavy atom. The summed E-state index contributed by atoms with van der Waals surface area (Å²) in [5.41, 5.74) is 2.63. The van der Waals surface area contributed by atoms with Crippen molar-refractivity contribution >= 4 is 17.3 Å². The monoisotopic (exact) mass is 266 g/mol. The molecule has 1 aromatic carbocycles. The summed E-state index contributed by atoms with van der Waals surface area (Å²) in [4.78, 5) is 2.47. The van der Waals surface area contributed by atoms with Gasteiger partial charge in [0, 0.05) is 30.3 Å². The van der Waals surface area contributed by atoms with E-state index in [2.05, 4.69) is 29.3 Å². The minimum Gasteiger partial charge on any atom is -0.371 e. The Morgan fingerprint density at radius 2 is 2.17 bits per heavy atom. The smallest absolute Gasteiger partial charge is 0.0426 e. The zero-order chi connectivity index (χ0) is 13.0. The number of rotatable bonds is 6. The van der Waals surface area contributed by atoms with Crippen molar-refractivity contribution in [1.82, 2.24) is 5.32 Å². The van der Waals surface area contributed by atoms with Crippen LogP contribution in [0.5, 0.6) is 0 Å². The number of hydrogen-bond acceptors (Lipinski definition) is 2. The SMILES string of the molecule is CCN(CC1CCC1)c1cc(Cl)ccc1CNC. The molecule has 0 saturated heterocycles. The second kappa shape index (κ2) is 6.44. The van der Waals surface area contributed by atoms with E-state index in [4.69, 9.17) is 11.6 Å². The lowest BCUT2D eigenvalue weighted by Gasteiger charge is -2.34. The summed E-state index contributed by atoms with van der Waals surface area (Å²) in [6, 6.07) is 6.23. The van der Waals surface area contributed by atoms with Gasteiger partial charge in [0.15, 0.2) is 0 Å². The summed E-state index contributed by atoms with van der Waals surface area (Å²) >= 11 is 6.16. The Morgan fingerprint density at radius 3 is 2.72 bits per heavy atom. The lowest BCUT2D eigenvalue weighted by Crippen LogP contribution is -2.33. The Balaban J connectivity index is 2.18. The summed E-state index contributed by atoms with van der Waals surface area (Å²) in [6.07, 6.45) is 4.18. The van der Waals surface area contributed by atoms with Gasteiger partial charge in [-0.05, 0) is 50.4 Å². The molecule has 0 atom stereocenters. The maximum absolute atomic E-state index is 6.16. The Kier molecular flexibility index (Phi) is 4.90. The molecule has 2 nitrogen and oxygen atoms in total. The van der Waals surface area contributed by atoms with Crippen molar-refractivity contribution in [2.75, 3.05) is 25.0 Å². The number of nitrogens with zero attached hydrogens (tertiary/aromatic N) is 1. The van der Waals surface area contributed by atoms with Crippen molar-refractivity contribution in [3.63, 3.8) is 0 Å². The van der Waals surface area contributed by atoms with Gasteiger partial charge in [0.2, 0.25) is 0 Å². The molecule has 0 amide bonds. The van der Waals surface area contributed by atoms with E-state index in [1.54, 1.807) is 0 Å².